The summed E-state index contributed by atoms with van der Waals surface area (Å²) in [7, 11) is 0. The molecule has 27 heavy (non-hydrogen) atoms. The highest BCUT2D eigenvalue weighted by atomic mass is 35.5. The first-order chi connectivity index (χ1) is 13.0. The van der Waals surface area contributed by atoms with E-state index in [2.05, 4.69) is 4.98 Å². The minimum absolute atomic E-state index is 0.0469. The molecule has 5 heteroatoms. The quantitative estimate of drug-likeness (QED) is 0.488. The zero-order valence-electron chi connectivity index (χ0n) is 15.1. The minimum atomic E-state index is -0.334. The first-order valence-electron chi connectivity index (χ1n) is 8.73. The Bertz CT molecular complexity index is 1150. The molecule has 0 saturated heterocycles. The summed E-state index contributed by atoms with van der Waals surface area (Å²) in [5, 5.41) is 0.434. The van der Waals surface area contributed by atoms with Crippen LogP contribution < -0.4 is 5.73 Å². The van der Waals surface area contributed by atoms with Gasteiger partial charge in [-0.2, -0.15) is 0 Å². The average Bonchev–Trinajstić information content (AvgIpc) is 3.08. The predicted molar refractivity (Wildman–Crippen MR) is 109 cm³/mol. The van der Waals surface area contributed by atoms with Crippen molar-refractivity contribution in [2.45, 2.75) is 19.9 Å². The molecule has 1 heterocycles. The molecule has 2 N–H and O–H groups in total. The zero-order chi connectivity index (χ0) is 19.1. The van der Waals surface area contributed by atoms with Crippen LogP contribution in [0.25, 0.3) is 27.8 Å². The fourth-order valence-corrected chi connectivity index (χ4v) is 3.51. The topological polar surface area (TPSA) is 43.8 Å². The van der Waals surface area contributed by atoms with E-state index in [4.69, 9.17) is 17.3 Å². The highest BCUT2D eigenvalue weighted by Crippen LogP contribution is 2.34. The summed E-state index contributed by atoms with van der Waals surface area (Å²) in [5.41, 5.74) is 11.7. The number of imidazole rings is 1. The molecule has 0 amide bonds. The number of aromatic nitrogens is 2. The van der Waals surface area contributed by atoms with E-state index in [-0.39, 0.29) is 11.9 Å². The van der Waals surface area contributed by atoms with Gasteiger partial charge in [0, 0.05) is 17.3 Å². The Morgan fingerprint density at radius 2 is 1.93 bits per heavy atom. The van der Waals surface area contributed by atoms with E-state index < -0.39 is 0 Å². The average molecular weight is 380 g/mol. The molecular formula is C22H19ClFN3. The number of halogens is 2. The van der Waals surface area contributed by atoms with Gasteiger partial charge in [0.1, 0.15) is 12.1 Å². The Kier molecular flexibility index (Phi) is 4.46. The van der Waals surface area contributed by atoms with Crippen LogP contribution in [0.5, 0.6) is 0 Å². The summed E-state index contributed by atoms with van der Waals surface area (Å²) in [6, 6.07) is 16.7. The minimum Gasteiger partial charge on any atom is -0.324 e. The Hall–Kier alpha value is -2.69. The van der Waals surface area contributed by atoms with Gasteiger partial charge in [-0.05, 0) is 60.9 Å². The third-order valence-electron chi connectivity index (χ3n) is 4.79. The highest BCUT2D eigenvalue weighted by Gasteiger charge is 2.14. The molecule has 3 aromatic carbocycles. The van der Waals surface area contributed by atoms with E-state index in [1.807, 2.05) is 60.9 Å². The second-order valence-electron chi connectivity index (χ2n) is 6.75. The lowest BCUT2D eigenvalue weighted by atomic mass is 10.0. The maximum Gasteiger partial charge on any atom is 0.132 e. The van der Waals surface area contributed by atoms with Crippen molar-refractivity contribution in [1.82, 2.24) is 9.55 Å². The number of nitrogens with zero attached hydrogens (tertiary/aromatic N) is 2. The summed E-state index contributed by atoms with van der Waals surface area (Å²) in [6.45, 7) is 3.82. The van der Waals surface area contributed by atoms with Gasteiger partial charge in [-0.1, -0.05) is 35.9 Å². The normalized spacial score (nSPS) is 12.5. The molecule has 0 bridgehead atoms. The van der Waals surface area contributed by atoms with E-state index in [9.17, 15) is 4.39 Å². The summed E-state index contributed by atoms with van der Waals surface area (Å²) in [4.78, 5) is 4.50. The van der Waals surface area contributed by atoms with Crippen LogP contribution in [0.4, 0.5) is 4.39 Å². The Labute approximate surface area is 162 Å². The zero-order valence-corrected chi connectivity index (χ0v) is 15.8. The lowest BCUT2D eigenvalue weighted by molar-refractivity contribution is 0.631. The molecule has 3 nitrogen and oxygen atoms in total. The molecule has 1 unspecified atom stereocenters. The van der Waals surface area contributed by atoms with Crippen molar-refractivity contribution in [3.05, 3.63) is 82.9 Å². The molecule has 1 atom stereocenters. The maximum absolute atomic E-state index is 14.4. The van der Waals surface area contributed by atoms with Gasteiger partial charge in [-0.3, -0.25) is 4.57 Å². The van der Waals surface area contributed by atoms with Crippen LogP contribution in [-0.2, 0) is 0 Å². The first kappa shape index (κ1) is 17.7. The van der Waals surface area contributed by atoms with Gasteiger partial charge in [-0.25, -0.2) is 9.37 Å². The number of rotatable bonds is 3. The van der Waals surface area contributed by atoms with E-state index in [0.717, 1.165) is 33.4 Å². The fraction of sp³-hybridized carbons (Fsp3) is 0.136. The Morgan fingerprint density at radius 1 is 1.11 bits per heavy atom. The second kappa shape index (κ2) is 6.80. The van der Waals surface area contributed by atoms with Crippen molar-refractivity contribution in [2.24, 2.45) is 5.73 Å². The van der Waals surface area contributed by atoms with Gasteiger partial charge in [0.25, 0.3) is 0 Å². The van der Waals surface area contributed by atoms with Crippen LogP contribution in [0, 0.1) is 12.7 Å². The van der Waals surface area contributed by atoms with Gasteiger partial charge >= 0.3 is 0 Å². The van der Waals surface area contributed by atoms with Crippen molar-refractivity contribution in [2.75, 3.05) is 0 Å². The van der Waals surface area contributed by atoms with Crippen LogP contribution in [0.3, 0.4) is 0 Å². The van der Waals surface area contributed by atoms with E-state index in [1.54, 1.807) is 12.4 Å². The third kappa shape index (κ3) is 3.11. The Morgan fingerprint density at radius 3 is 2.70 bits per heavy atom. The standard InChI is InChI=1S/C22H19ClFN3/c1-13-6-8-18(24)21(22(13)23)16-4-3-5-17(10-16)27-12-26-19-11-15(14(2)25)7-9-20(19)27/h3-12,14H,25H2,1-2H3. The summed E-state index contributed by atoms with van der Waals surface area (Å²) < 4.78 is 16.4. The molecule has 0 aliphatic carbocycles. The molecule has 136 valence electrons. The monoisotopic (exact) mass is 379 g/mol. The van der Waals surface area contributed by atoms with E-state index >= 15 is 0 Å². The van der Waals surface area contributed by atoms with Gasteiger partial charge in [0.05, 0.1) is 16.1 Å². The van der Waals surface area contributed by atoms with E-state index in [1.165, 1.54) is 6.07 Å². The van der Waals surface area contributed by atoms with Crippen molar-refractivity contribution in [3.8, 4) is 16.8 Å². The summed E-state index contributed by atoms with van der Waals surface area (Å²) in [6.07, 6.45) is 1.77. The molecule has 0 aliphatic heterocycles. The summed E-state index contributed by atoms with van der Waals surface area (Å²) in [5.74, 6) is -0.334. The van der Waals surface area contributed by atoms with Crippen LogP contribution >= 0.6 is 11.6 Å². The van der Waals surface area contributed by atoms with Gasteiger partial charge in [-0.15, -0.1) is 0 Å². The summed E-state index contributed by atoms with van der Waals surface area (Å²) >= 11 is 6.38. The maximum atomic E-state index is 14.4. The van der Waals surface area contributed by atoms with Crippen molar-refractivity contribution < 1.29 is 4.39 Å². The number of nitrogens with two attached hydrogens (primary N) is 1. The number of hydrogen-bond donors (Lipinski definition) is 1. The molecular weight excluding hydrogens is 361 g/mol. The molecule has 0 saturated carbocycles. The molecule has 0 fully saturated rings. The van der Waals surface area contributed by atoms with Gasteiger partial charge < -0.3 is 5.73 Å². The predicted octanol–water partition coefficient (Wildman–Crippen LogP) is 5.81. The van der Waals surface area contributed by atoms with Crippen molar-refractivity contribution in [3.63, 3.8) is 0 Å². The van der Waals surface area contributed by atoms with Crippen molar-refractivity contribution >= 4 is 22.6 Å². The first-order valence-corrected chi connectivity index (χ1v) is 9.11. The molecule has 4 rings (SSSR count). The molecule has 0 aliphatic rings. The third-order valence-corrected chi connectivity index (χ3v) is 5.28. The largest absolute Gasteiger partial charge is 0.324 e. The van der Waals surface area contributed by atoms with Crippen LogP contribution in [0.15, 0.2) is 60.9 Å². The SMILES string of the molecule is Cc1ccc(F)c(-c2cccc(-n3cnc4cc(C(C)N)ccc43)c2)c1Cl. The van der Waals surface area contributed by atoms with Crippen LogP contribution in [0.1, 0.15) is 24.1 Å². The molecule has 1 aromatic heterocycles. The smallest absolute Gasteiger partial charge is 0.132 e. The lowest BCUT2D eigenvalue weighted by Crippen LogP contribution is -2.04. The van der Waals surface area contributed by atoms with E-state index in [0.29, 0.717) is 10.6 Å². The van der Waals surface area contributed by atoms with Crippen molar-refractivity contribution in [1.29, 1.82) is 0 Å². The number of aryl methyl sites for hydroxylation is 1. The fourth-order valence-electron chi connectivity index (χ4n) is 3.25. The van der Waals surface area contributed by atoms with Crippen LogP contribution in [0.2, 0.25) is 5.02 Å². The Balaban J connectivity index is 1.85. The number of fused-ring (bicyclic) bond motifs is 1. The van der Waals surface area contributed by atoms with Gasteiger partial charge in [0.15, 0.2) is 0 Å². The molecule has 0 spiro atoms. The highest BCUT2D eigenvalue weighted by molar-refractivity contribution is 6.34. The number of hydrogen-bond acceptors (Lipinski definition) is 2. The molecule has 4 aromatic rings. The van der Waals surface area contributed by atoms with Gasteiger partial charge in [0.2, 0.25) is 0 Å². The molecule has 0 radical (unpaired) electrons. The lowest BCUT2D eigenvalue weighted by Gasteiger charge is -2.11. The number of benzene rings is 3. The second-order valence-corrected chi connectivity index (χ2v) is 7.13. The van der Waals surface area contributed by atoms with Crippen LogP contribution in [-0.4, -0.2) is 9.55 Å².